The molecule has 0 atom stereocenters. The van der Waals surface area contributed by atoms with Gasteiger partial charge >= 0.3 is 0 Å². The van der Waals surface area contributed by atoms with E-state index >= 15 is 0 Å². The number of fused-ring (bicyclic) bond motifs is 1. The number of hydrogen-bond acceptors (Lipinski definition) is 3. The average molecular weight is 217 g/mol. The maximum Gasteiger partial charge on any atom is 0.112 e. The van der Waals surface area contributed by atoms with E-state index in [0.717, 1.165) is 10.9 Å². The van der Waals surface area contributed by atoms with E-state index in [1.54, 1.807) is 12.4 Å². The highest BCUT2D eigenvalue weighted by Crippen LogP contribution is 2.27. The lowest BCUT2D eigenvalue weighted by Gasteiger charge is -2.19. The summed E-state index contributed by atoms with van der Waals surface area (Å²) in [6.07, 6.45) is 5.37. The zero-order valence-electron chi connectivity index (χ0n) is 10.7. The average Bonchev–Trinajstić information content (AvgIpc) is 2.30. The second-order valence-corrected chi connectivity index (χ2v) is 4.40. The van der Waals surface area contributed by atoms with Gasteiger partial charge in [-0.15, -0.1) is 5.10 Å². The molecule has 0 saturated carbocycles. The minimum Gasteiger partial charge on any atom is -0.262 e. The Morgan fingerprint density at radius 1 is 1.06 bits per heavy atom. The Morgan fingerprint density at radius 2 is 1.75 bits per heavy atom. The van der Waals surface area contributed by atoms with E-state index < -0.39 is 0 Å². The van der Waals surface area contributed by atoms with Gasteiger partial charge in [0.05, 0.1) is 12.4 Å². The highest BCUT2D eigenvalue weighted by Gasteiger charge is 2.17. The lowest BCUT2D eigenvalue weighted by molar-refractivity contribution is 0.591. The Kier molecular flexibility index (Phi) is 3.93. The van der Waals surface area contributed by atoms with Crippen LogP contribution in [0.1, 0.15) is 40.2 Å². The summed E-state index contributed by atoms with van der Waals surface area (Å²) in [5.41, 5.74) is 2.17. The number of nitrogens with zero attached hydrogens (tertiary/aromatic N) is 3. The van der Waals surface area contributed by atoms with Crippen molar-refractivity contribution in [1.82, 2.24) is 15.2 Å². The van der Waals surface area contributed by atoms with E-state index in [9.17, 15) is 0 Å². The van der Waals surface area contributed by atoms with Crippen molar-refractivity contribution in [2.24, 2.45) is 0 Å². The van der Waals surface area contributed by atoms with Gasteiger partial charge in [-0.05, 0) is 17.0 Å². The molecule has 0 radical (unpaired) electrons. The SMILES string of the molecule is CC.CC(C)(C)c1cnnc2cnccc12. The largest absolute Gasteiger partial charge is 0.262 e. The lowest BCUT2D eigenvalue weighted by atomic mass is 9.86. The molecule has 0 fully saturated rings. The Morgan fingerprint density at radius 3 is 2.38 bits per heavy atom. The molecule has 0 amide bonds. The van der Waals surface area contributed by atoms with Crippen LogP contribution in [0.3, 0.4) is 0 Å². The van der Waals surface area contributed by atoms with Gasteiger partial charge in [-0.2, -0.15) is 5.10 Å². The van der Waals surface area contributed by atoms with Gasteiger partial charge in [0.25, 0.3) is 0 Å². The second-order valence-electron chi connectivity index (χ2n) is 4.40. The molecule has 0 aliphatic carbocycles. The first-order valence-corrected chi connectivity index (χ1v) is 5.65. The summed E-state index contributed by atoms with van der Waals surface area (Å²) in [5, 5.41) is 9.17. The first-order valence-electron chi connectivity index (χ1n) is 5.65. The molecule has 0 bridgehead atoms. The first-order chi connectivity index (χ1) is 7.59. The van der Waals surface area contributed by atoms with Crippen LogP contribution in [0.15, 0.2) is 24.7 Å². The van der Waals surface area contributed by atoms with Crippen LogP contribution in [0.5, 0.6) is 0 Å². The van der Waals surface area contributed by atoms with E-state index in [1.807, 2.05) is 26.1 Å². The van der Waals surface area contributed by atoms with Crippen LogP contribution in [0.2, 0.25) is 0 Å². The second kappa shape index (κ2) is 5.01. The zero-order valence-corrected chi connectivity index (χ0v) is 10.7. The van der Waals surface area contributed by atoms with Crippen molar-refractivity contribution in [1.29, 1.82) is 0 Å². The smallest absolute Gasteiger partial charge is 0.112 e. The fraction of sp³-hybridized carbons (Fsp3) is 0.462. The molecule has 16 heavy (non-hydrogen) atoms. The minimum absolute atomic E-state index is 0.0928. The third-order valence-corrected chi connectivity index (χ3v) is 2.25. The zero-order chi connectivity index (χ0) is 12.2. The van der Waals surface area contributed by atoms with Crippen molar-refractivity contribution < 1.29 is 0 Å². The molecule has 2 aromatic heterocycles. The number of aromatic nitrogens is 3. The number of pyridine rings is 1. The van der Waals surface area contributed by atoms with E-state index in [2.05, 4.69) is 36.0 Å². The Balaban J connectivity index is 0.000000606. The maximum atomic E-state index is 4.04. The molecule has 3 heteroatoms. The standard InChI is InChI=1S/C11H13N3.C2H6/c1-11(2,3)9-6-13-14-10-7-12-5-4-8(9)10;1-2/h4-7H,1-3H3;1-2H3. The molecule has 2 rings (SSSR count). The molecule has 2 heterocycles. The van der Waals surface area contributed by atoms with Crippen molar-refractivity contribution in [2.45, 2.75) is 40.0 Å². The fourth-order valence-corrected chi connectivity index (χ4v) is 1.51. The normalized spacial score (nSPS) is 10.8. The third kappa shape index (κ3) is 2.54. The monoisotopic (exact) mass is 217 g/mol. The molecule has 0 aromatic carbocycles. The van der Waals surface area contributed by atoms with Gasteiger partial charge in [-0.1, -0.05) is 34.6 Å². The van der Waals surface area contributed by atoms with Gasteiger partial charge in [0.1, 0.15) is 5.52 Å². The van der Waals surface area contributed by atoms with Gasteiger partial charge < -0.3 is 0 Å². The summed E-state index contributed by atoms with van der Waals surface area (Å²) in [6.45, 7) is 10.5. The van der Waals surface area contributed by atoms with Crippen LogP contribution >= 0.6 is 0 Å². The Hall–Kier alpha value is -1.51. The minimum atomic E-state index is 0.0928. The van der Waals surface area contributed by atoms with Gasteiger partial charge in [0.15, 0.2) is 0 Å². The van der Waals surface area contributed by atoms with E-state index in [0.29, 0.717) is 0 Å². The van der Waals surface area contributed by atoms with Gasteiger partial charge in [0.2, 0.25) is 0 Å². The van der Waals surface area contributed by atoms with Crippen LogP contribution < -0.4 is 0 Å². The predicted molar refractivity (Wildman–Crippen MR) is 67.4 cm³/mol. The Bertz CT molecular complexity index is 453. The highest BCUT2D eigenvalue weighted by atomic mass is 15.1. The van der Waals surface area contributed by atoms with Gasteiger partial charge in [0, 0.05) is 11.6 Å². The number of rotatable bonds is 0. The summed E-state index contributed by atoms with van der Waals surface area (Å²) < 4.78 is 0. The summed E-state index contributed by atoms with van der Waals surface area (Å²) in [6, 6.07) is 1.99. The van der Waals surface area contributed by atoms with Gasteiger partial charge in [-0.3, -0.25) is 4.98 Å². The van der Waals surface area contributed by atoms with Crippen LogP contribution in [0.4, 0.5) is 0 Å². The van der Waals surface area contributed by atoms with E-state index in [4.69, 9.17) is 0 Å². The summed E-state index contributed by atoms with van der Waals surface area (Å²) in [5.74, 6) is 0. The van der Waals surface area contributed by atoms with Crippen LogP contribution in [-0.2, 0) is 5.41 Å². The molecule has 2 aromatic rings. The first kappa shape index (κ1) is 12.6. The van der Waals surface area contributed by atoms with E-state index in [1.165, 1.54) is 5.56 Å². The number of hydrogen-bond donors (Lipinski definition) is 0. The maximum absolute atomic E-state index is 4.04. The third-order valence-electron chi connectivity index (χ3n) is 2.25. The molecular weight excluding hydrogens is 198 g/mol. The summed E-state index contributed by atoms with van der Waals surface area (Å²) in [7, 11) is 0. The molecular formula is C13H19N3. The van der Waals surface area contributed by atoms with Crippen molar-refractivity contribution in [3.05, 3.63) is 30.2 Å². The van der Waals surface area contributed by atoms with Crippen molar-refractivity contribution >= 4 is 10.9 Å². The quantitative estimate of drug-likeness (QED) is 0.679. The Labute approximate surface area is 96.9 Å². The fourth-order valence-electron chi connectivity index (χ4n) is 1.51. The van der Waals surface area contributed by atoms with E-state index in [-0.39, 0.29) is 5.41 Å². The molecule has 3 nitrogen and oxygen atoms in total. The summed E-state index contributed by atoms with van der Waals surface area (Å²) >= 11 is 0. The van der Waals surface area contributed by atoms with Gasteiger partial charge in [-0.25, -0.2) is 0 Å². The highest BCUT2D eigenvalue weighted by molar-refractivity contribution is 5.81. The lowest BCUT2D eigenvalue weighted by Crippen LogP contribution is -2.12. The molecule has 86 valence electrons. The van der Waals surface area contributed by atoms with Crippen molar-refractivity contribution in [3.63, 3.8) is 0 Å². The van der Waals surface area contributed by atoms with Crippen LogP contribution in [-0.4, -0.2) is 15.2 Å². The molecule has 0 aliphatic heterocycles. The molecule has 0 aliphatic rings. The van der Waals surface area contributed by atoms with Crippen LogP contribution in [0.25, 0.3) is 10.9 Å². The van der Waals surface area contributed by atoms with Crippen molar-refractivity contribution in [3.8, 4) is 0 Å². The molecule has 0 saturated heterocycles. The topological polar surface area (TPSA) is 38.7 Å². The molecule has 0 unspecified atom stereocenters. The molecule has 0 N–H and O–H groups in total. The summed E-state index contributed by atoms with van der Waals surface area (Å²) in [4.78, 5) is 4.03. The predicted octanol–water partition coefficient (Wildman–Crippen LogP) is 3.35. The van der Waals surface area contributed by atoms with Crippen LogP contribution in [0, 0.1) is 0 Å². The molecule has 0 spiro atoms. The van der Waals surface area contributed by atoms with Crippen molar-refractivity contribution in [2.75, 3.05) is 0 Å².